The Kier molecular flexibility index (Phi) is 7.00. The van der Waals surface area contributed by atoms with Crippen LogP contribution in [-0.2, 0) is 6.42 Å². The van der Waals surface area contributed by atoms with Crippen molar-refractivity contribution in [3.8, 4) is 44.7 Å². The minimum absolute atomic E-state index is 0.891. The van der Waals surface area contributed by atoms with Crippen molar-refractivity contribution >= 4 is 54.9 Å². The van der Waals surface area contributed by atoms with Crippen molar-refractivity contribution in [1.82, 2.24) is 0 Å². The highest BCUT2D eigenvalue weighted by atomic mass is 16.3. The number of furan rings is 1. The van der Waals surface area contributed by atoms with Crippen LogP contribution in [0.3, 0.4) is 0 Å². The van der Waals surface area contributed by atoms with Gasteiger partial charge in [-0.2, -0.15) is 0 Å². The molecule has 1 aliphatic carbocycles. The van der Waals surface area contributed by atoms with Crippen molar-refractivity contribution < 1.29 is 4.42 Å². The maximum absolute atomic E-state index is 6.54. The Hall–Kier alpha value is -6.96. The lowest BCUT2D eigenvalue weighted by Crippen LogP contribution is -1.92. The fraction of sp³-hybridized carbons (Fsp3) is 0.0189. The molecule has 1 heteroatoms. The Bertz CT molecular complexity index is 3050. The zero-order valence-corrected chi connectivity index (χ0v) is 29.6. The average molecular weight is 687 g/mol. The molecule has 0 saturated carbocycles. The topological polar surface area (TPSA) is 13.1 Å². The van der Waals surface area contributed by atoms with E-state index in [4.69, 9.17) is 4.42 Å². The predicted octanol–water partition coefficient (Wildman–Crippen LogP) is 14.7. The third-order valence-corrected chi connectivity index (χ3v) is 11.3. The first-order valence-electron chi connectivity index (χ1n) is 18.7. The molecule has 0 N–H and O–H groups in total. The molecule has 0 fully saturated rings. The molecule has 0 atom stereocenters. The molecule has 1 nitrogen and oxygen atoms in total. The molecule has 11 rings (SSSR count). The lowest BCUT2D eigenvalue weighted by molar-refractivity contribution is 0.631. The lowest BCUT2D eigenvalue weighted by Gasteiger charge is -2.19. The summed E-state index contributed by atoms with van der Waals surface area (Å²) in [6.07, 6.45) is 3.29. The van der Waals surface area contributed by atoms with Crippen LogP contribution in [0, 0.1) is 0 Å². The van der Waals surface area contributed by atoms with Crippen LogP contribution in [0.25, 0.3) is 99.6 Å². The van der Waals surface area contributed by atoms with Gasteiger partial charge in [0.1, 0.15) is 11.3 Å². The molecule has 9 aromatic carbocycles. The molecule has 0 saturated heterocycles. The fourth-order valence-electron chi connectivity index (χ4n) is 8.71. The normalized spacial score (nSPS) is 12.5. The molecule has 54 heavy (non-hydrogen) atoms. The Morgan fingerprint density at radius 2 is 0.963 bits per heavy atom. The number of benzene rings is 9. The molecule has 0 spiro atoms. The summed E-state index contributed by atoms with van der Waals surface area (Å²) >= 11 is 0. The summed E-state index contributed by atoms with van der Waals surface area (Å²) in [6, 6.07) is 68.4. The summed E-state index contributed by atoms with van der Waals surface area (Å²) in [6.45, 7) is 0. The summed E-state index contributed by atoms with van der Waals surface area (Å²) < 4.78 is 6.54. The monoisotopic (exact) mass is 686 g/mol. The van der Waals surface area contributed by atoms with E-state index in [1.54, 1.807) is 0 Å². The van der Waals surface area contributed by atoms with Crippen molar-refractivity contribution in [3.05, 3.63) is 205 Å². The van der Waals surface area contributed by atoms with Crippen LogP contribution in [0.4, 0.5) is 0 Å². The summed E-state index contributed by atoms with van der Waals surface area (Å²) in [5.41, 5.74) is 14.7. The molecular formula is C53H34O. The van der Waals surface area contributed by atoms with E-state index < -0.39 is 0 Å². The number of fused-ring (bicyclic) bond motifs is 5. The van der Waals surface area contributed by atoms with Gasteiger partial charge in [-0.25, -0.2) is 0 Å². The van der Waals surface area contributed by atoms with Gasteiger partial charge in [-0.05, 0) is 131 Å². The van der Waals surface area contributed by atoms with Crippen LogP contribution in [0.15, 0.2) is 192 Å². The van der Waals surface area contributed by atoms with Crippen LogP contribution >= 0.6 is 0 Å². The highest BCUT2D eigenvalue weighted by molar-refractivity contribution is 6.24. The number of rotatable bonds is 5. The first kappa shape index (κ1) is 30.6. The van der Waals surface area contributed by atoms with Crippen molar-refractivity contribution in [2.45, 2.75) is 6.42 Å². The molecule has 0 aliphatic heterocycles. The molecule has 0 amide bonds. The van der Waals surface area contributed by atoms with Gasteiger partial charge in [0.05, 0.1) is 0 Å². The highest BCUT2D eigenvalue weighted by Gasteiger charge is 2.20. The van der Waals surface area contributed by atoms with Gasteiger partial charge >= 0.3 is 0 Å². The zero-order valence-electron chi connectivity index (χ0n) is 29.6. The zero-order chi connectivity index (χ0) is 35.6. The van der Waals surface area contributed by atoms with E-state index in [0.29, 0.717) is 0 Å². The molecular weight excluding hydrogens is 653 g/mol. The molecule has 0 unspecified atom stereocenters. The van der Waals surface area contributed by atoms with Crippen LogP contribution in [0.2, 0.25) is 0 Å². The average Bonchev–Trinajstić information content (AvgIpc) is 3.87. The van der Waals surface area contributed by atoms with Crippen LogP contribution in [0.5, 0.6) is 0 Å². The van der Waals surface area contributed by atoms with Gasteiger partial charge < -0.3 is 4.42 Å². The van der Waals surface area contributed by atoms with Gasteiger partial charge in [0.2, 0.25) is 0 Å². The van der Waals surface area contributed by atoms with Crippen LogP contribution < -0.4 is 0 Å². The van der Waals surface area contributed by atoms with Gasteiger partial charge in [-0.3, -0.25) is 0 Å². The summed E-state index contributed by atoms with van der Waals surface area (Å²) in [4.78, 5) is 0. The minimum Gasteiger partial charge on any atom is -0.456 e. The van der Waals surface area contributed by atoms with Crippen molar-refractivity contribution in [2.75, 3.05) is 0 Å². The standard InChI is InChI=1S/C53H34O/c1-3-13-34(14-4-1)40-27-36-23-24-38(29-41(36)31-40)51-33-43-30-39(25-26-50(43)54-51)52-45-19-9-11-21-47(45)53(48-22-12-10-20-46(48)52)49-32-42(35-15-5-2-6-16-35)28-37-17-7-8-18-44(37)49/h1-26,28-33H,27H2. The first-order valence-corrected chi connectivity index (χ1v) is 18.7. The van der Waals surface area contributed by atoms with E-state index in [0.717, 1.165) is 28.7 Å². The molecule has 1 heterocycles. The molecule has 10 aromatic rings. The maximum atomic E-state index is 6.54. The van der Waals surface area contributed by atoms with Gasteiger partial charge in [-0.15, -0.1) is 0 Å². The highest BCUT2D eigenvalue weighted by Crippen LogP contribution is 2.47. The second kappa shape index (κ2) is 12.3. The quantitative estimate of drug-likeness (QED) is 0.164. The number of allylic oxidation sites excluding steroid dienone is 1. The Morgan fingerprint density at radius 3 is 1.69 bits per heavy atom. The molecule has 0 radical (unpaired) electrons. The second-order valence-electron chi connectivity index (χ2n) is 14.4. The molecule has 0 bridgehead atoms. The van der Waals surface area contributed by atoms with E-state index in [1.807, 2.05) is 0 Å². The first-order chi connectivity index (χ1) is 26.7. The van der Waals surface area contributed by atoms with Gasteiger partial charge in [-0.1, -0.05) is 158 Å². The largest absolute Gasteiger partial charge is 0.456 e. The minimum atomic E-state index is 0.891. The van der Waals surface area contributed by atoms with E-state index >= 15 is 0 Å². The van der Waals surface area contributed by atoms with Crippen molar-refractivity contribution in [1.29, 1.82) is 0 Å². The van der Waals surface area contributed by atoms with E-state index in [-0.39, 0.29) is 0 Å². The molecule has 252 valence electrons. The third-order valence-electron chi connectivity index (χ3n) is 11.3. The SMILES string of the molecule is C1=C(c2ccccc2)Cc2ccc(-c3cc4cc(-c5c6ccccc6c(-c6cc(-c7ccccc7)cc7ccccc67)c6ccccc56)ccc4o3)cc21. The van der Waals surface area contributed by atoms with E-state index in [9.17, 15) is 0 Å². The fourth-order valence-corrected chi connectivity index (χ4v) is 8.71. The summed E-state index contributed by atoms with van der Waals surface area (Å²) in [5, 5.41) is 8.56. The number of hydrogen-bond donors (Lipinski definition) is 0. The Labute approximate surface area is 314 Å². The van der Waals surface area contributed by atoms with Gasteiger partial charge in [0.15, 0.2) is 0 Å². The smallest absolute Gasteiger partial charge is 0.135 e. The van der Waals surface area contributed by atoms with Crippen LogP contribution in [-0.4, -0.2) is 0 Å². The Balaban J connectivity index is 1.07. The molecule has 1 aliphatic rings. The van der Waals surface area contributed by atoms with Crippen LogP contribution in [0.1, 0.15) is 16.7 Å². The predicted molar refractivity (Wildman–Crippen MR) is 228 cm³/mol. The number of hydrogen-bond acceptors (Lipinski definition) is 1. The maximum Gasteiger partial charge on any atom is 0.135 e. The third kappa shape index (κ3) is 5.01. The van der Waals surface area contributed by atoms with E-state index in [2.05, 4.69) is 194 Å². The Morgan fingerprint density at radius 1 is 0.370 bits per heavy atom. The molecule has 1 aromatic heterocycles. The second-order valence-corrected chi connectivity index (χ2v) is 14.4. The van der Waals surface area contributed by atoms with E-state index in [1.165, 1.54) is 88.0 Å². The van der Waals surface area contributed by atoms with Crippen molar-refractivity contribution in [2.24, 2.45) is 0 Å². The lowest BCUT2D eigenvalue weighted by atomic mass is 9.83. The van der Waals surface area contributed by atoms with Gasteiger partial charge in [0.25, 0.3) is 0 Å². The van der Waals surface area contributed by atoms with Crippen molar-refractivity contribution in [3.63, 3.8) is 0 Å². The summed E-state index contributed by atoms with van der Waals surface area (Å²) in [7, 11) is 0. The summed E-state index contributed by atoms with van der Waals surface area (Å²) in [5.74, 6) is 0.891. The van der Waals surface area contributed by atoms with Gasteiger partial charge in [0, 0.05) is 10.9 Å².